The van der Waals surface area contributed by atoms with Crippen LogP contribution in [0.5, 0.6) is 0 Å². The number of fused-ring (bicyclic) bond motifs is 1. The molecule has 1 N–H and O–H groups in total. The molecular formula is C17H20Cl2N2OS. The first-order valence-electron chi connectivity index (χ1n) is 7.99. The van der Waals surface area contributed by atoms with Crippen LogP contribution in [-0.4, -0.2) is 36.5 Å². The number of piperidine rings is 1. The van der Waals surface area contributed by atoms with Crippen LogP contribution < -0.4 is 5.32 Å². The highest BCUT2D eigenvalue weighted by Gasteiger charge is 2.23. The molecule has 3 nitrogen and oxygen atoms in total. The number of nitrogens with one attached hydrogen (secondary N) is 1. The van der Waals surface area contributed by atoms with Crippen molar-refractivity contribution >= 4 is 50.5 Å². The fourth-order valence-electron chi connectivity index (χ4n) is 3.05. The average molecular weight is 371 g/mol. The van der Waals surface area contributed by atoms with Gasteiger partial charge in [-0.2, -0.15) is 0 Å². The predicted octanol–water partition coefficient (Wildman–Crippen LogP) is 4.81. The van der Waals surface area contributed by atoms with Gasteiger partial charge in [0, 0.05) is 34.2 Å². The van der Waals surface area contributed by atoms with E-state index in [1.54, 1.807) is 6.07 Å². The van der Waals surface area contributed by atoms with Crippen LogP contribution >= 0.6 is 34.5 Å². The van der Waals surface area contributed by atoms with Crippen molar-refractivity contribution in [2.75, 3.05) is 19.6 Å². The maximum atomic E-state index is 12.6. The van der Waals surface area contributed by atoms with Crippen LogP contribution in [0, 0.1) is 0 Å². The number of hydrogen-bond acceptors (Lipinski definition) is 3. The summed E-state index contributed by atoms with van der Waals surface area (Å²) in [5, 5.41) is 5.22. The second-order valence-corrected chi connectivity index (χ2v) is 7.84. The van der Waals surface area contributed by atoms with Gasteiger partial charge in [0.1, 0.15) is 4.88 Å². The van der Waals surface area contributed by atoms with Crippen LogP contribution in [-0.2, 0) is 0 Å². The average Bonchev–Trinajstić information content (AvgIpc) is 2.86. The van der Waals surface area contributed by atoms with Gasteiger partial charge in [0.25, 0.3) is 5.91 Å². The lowest BCUT2D eigenvalue weighted by molar-refractivity contribution is 0.0915. The van der Waals surface area contributed by atoms with Crippen molar-refractivity contribution in [3.05, 3.63) is 33.1 Å². The van der Waals surface area contributed by atoms with Gasteiger partial charge in [-0.3, -0.25) is 4.79 Å². The summed E-state index contributed by atoms with van der Waals surface area (Å²) >= 11 is 13.8. The van der Waals surface area contributed by atoms with E-state index in [0.717, 1.165) is 42.6 Å². The van der Waals surface area contributed by atoms with Crippen LogP contribution in [0.4, 0.5) is 0 Å². The van der Waals surface area contributed by atoms with Crippen LogP contribution in [0.3, 0.4) is 0 Å². The molecule has 1 saturated heterocycles. The molecule has 1 fully saturated rings. The summed E-state index contributed by atoms with van der Waals surface area (Å²) in [7, 11) is 0. The molecule has 0 unspecified atom stereocenters. The first-order chi connectivity index (χ1) is 11.1. The number of thiophene rings is 1. The molecule has 3 rings (SSSR count). The van der Waals surface area contributed by atoms with E-state index in [1.807, 2.05) is 12.1 Å². The van der Waals surface area contributed by atoms with Gasteiger partial charge >= 0.3 is 0 Å². The zero-order chi connectivity index (χ0) is 16.4. The quantitative estimate of drug-likeness (QED) is 0.836. The lowest BCUT2D eigenvalue weighted by Gasteiger charge is -2.32. The molecule has 1 aromatic heterocycles. The van der Waals surface area contributed by atoms with Crippen LogP contribution in [0.1, 0.15) is 35.9 Å². The second-order valence-electron chi connectivity index (χ2n) is 5.98. The van der Waals surface area contributed by atoms with Crippen molar-refractivity contribution in [1.29, 1.82) is 0 Å². The molecule has 0 aliphatic carbocycles. The van der Waals surface area contributed by atoms with Crippen molar-refractivity contribution in [1.82, 2.24) is 10.2 Å². The molecule has 124 valence electrons. The summed E-state index contributed by atoms with van der Waals surface area (Å²) < 4.78 is 0.949. The topological polar surface area (TPSA) is 32.3 Å². The number of hydrogen-bond donors (Lipinski definition) is 1. The van der Waals surface area contributed by atoms with Crippen molar-refractivity contribution in [2.24, 2.45) is 0 Å². The molecular weight excluding hydrogens is 351 g/mol. The predicted molar refractivity (Wildman–Crippen MR) is 99.1 cm³/mol. The molecule has 0 spiro atoms. The third-order valence-corrected chi connectivity index (χ3v) is 6.15. The zero-order valence-electron chi connectivity index (χ0n) is 13.1. The van der Waals surface area contributed by atoms with E-state index >= 15 is 0 Å². The SMILES string of the molecule is CCCN1CCC(NC(=O)c2sc3cc(Cl)ccc3c2Cl)CC1. The number of halogens is 2. The van der Waals surface area contributed by atoms with Crippen LogP contribution in [0.25, 0.3) is 10.1 Å². The van der Waals surface area contributed by atoms with E-state index in [-0.39, 0.29) is 11.9 Å². The molecule has 2 aromatic rings. The minimum absolute atomic E-state index is 0.0683. The van der Waals surface area contributed by atoms with E-state index < -0.39 is 0 Å². The fourth-order valence-corrected chi connectivity index (χ4v) is 4.75. The highest BCUT2D eigenvalue weighted by Crippen LogP contribution is 2.36. The third kappa shape index (κ3) is 3.82. The summed E-state index contributed by atoms with van der Waals surface area (Å²) in [5.41, 5.74) is 0. The van der Waals surface area contributed by atoms with Crippen molar-refractivity contribution in [3.8, 4) is 0 Å². The molecule has 6 heteroatoms. The van der Waals surface area contributed by atoms with E-state index in [4.69, 9.17) is 23.2 Å². The van der Waals surface area contributed by atoms with Gasteiger partial charge in [0.2, 0.25) is 0 Å². The Morgan fingerprint density at radius 1 is 1.35 bits per heavy atom. The molecule has 0 radical (unpaired) electrons. The van der Waals surface area contributed by atoms with E-state index in [0.29, 0.717) is 14.9 Å². The first-order valence-corrected chi connectivity index (χ1v) is 9.56. The summed E-state index contributed by atoms with van der Waals surface area (Å²) in [5.74, 6) is -0.0683. The number of likely N-dealkylation sites (tertiary alicyclic amines) is 1. The van der Waals surface area contributed by atoms with Crippen LogP contribution in [0.2, 0.25) is 10.0 Å². The summed E-state index contributed by atoms with van der Waals surface area (Å²) in [6.45, 7) is 5.44. The number of rotatable bonds is 4. The smallest absolute Gasteiger partial charge is 0.263 e. The minimum Gasteiger partial charge on any atom is -0.348 e. The Hall–Kier alpha value is -0.810. The van der Waals surface area contributed by atoms with Gasteiger partial charge in [0.15, 0.2) is 0 Å². The van der Waals surface area contributed by atoms with E-state index in [2.05, 4.69) is 17.1 Å². The summed E-state index contributed by atoms with van der Waals surface area (Å²) in [6.07, 6.45) is 3.18. The van der Waals surface area contributed by atoms with Crippen molar-refractivity contribution < 1.29 is 4.79 Å². The summed E-state index contributed by atoms with van der Waals surface area (Å²) in [4.78, 5) is 15.6. The Balaban J connectivity index is 1.68. The highest BCUT2D eigenvalue weighted by atomic mass is 35.5. The minimum atomic E-state index is -0.0683. The molecule has 0 bridgehead atoms. The molecule has 23 heavy (non-hydrogen) atoms. The van der Waals surface area contributed by atoms with Gasteiger partial charge < -0.3 is 10.2 Å². The van der Waals surface area contributed by atoms with Gasteiger partial charge in [-0.15, -0.1) is 11.3 Å². The number of nitrogens with zero attached hydrogens (tertiary/aromatic N) is 1. The number of carbonyl (C=O) groups excluding carboxylic acids is 1. The maximum Gasteiger partial charge on any atom is 0.263 e. The highest BCUT2D eigenvalue weighted by molar-refractivity contribution is 7.21. The Kier molecular flexibility index (Phi) is 5.47. The number of amides is 1. The fraction of sp³-hybridized carbons (Fsp3) is 0.471. The largest absolute Gasteiger partial charge is 0.348 e. The maximum absolute atomic E-state index is 12.6. The zero-order valence-corrected chi connectivity index (χ0v) is 15.4. The standard InChI is InChI=1S/C17H20Cl2N2OS/c1-2-7-21-8-5-12(6-9-21)20-17(22)16-15(19)13-4-3-11(18)10-14(13)23-16/h3-4,10,12H,2,5-9H2,1H3,(H,20,22). The van der Waals surface area contributed by atoms with Gasteiger partial charge in [-0.1, -0.05) is 36.2 Å². The molecule has 1 amide bonds. The molecule has 1 aromatic carbocycles. The van der Waals surface area contributed by atoms with Gasteiger partial charge in [-0.25, -0.2) is 0 Å². The van der Waals surface area contributed by atoms with Crippen LogP contribution in [0.15, 0.2) is 18.2 Å². The Labute approximate surface area is 150 Å². The van der Waals surface area contributed by atoms with Crippen molar-refractivity contribution in [3.63, 3.8) is 0 Å². The molecule has 0 atom stereocenters. The van der Waals surface area contributed by atoms with Crippen molar-refractivity contribution in [2.45, 2.75) is 32.2 Å². The first kappa shape index (κ1) is 17.0. The molecule has 1 aliphatic rings. The normalized spacial score (nSPS) is 16.8. The lowest BCUT2D eigenvalue weighted by Crippen LogP contribution is -2.44. The number of benzene rings is 1. The van der Waals surface area contributed by atoms with E-state index in [9.17, 15) is 4.79 Å². The Morgan fingerprint density at radius 3 is 2.78 bits per heavy atom. The van der Waals surface area contributed by atoms with Gasteiger partial charge in [-0.05, 0) is 37.9 Å². The lowest BCUT2D eigenvalue weighted by atomic mass is 10.0. The monoisotopic (exact) mass is 370 g/mol. The third-order valence-electron chi connectivity index (χ3n) is 4.26. The molecule has 1 aliphatic heterocycles. The van der Waals surface area contributed by atoms with Gasteiger partial charge in [0.05, 0.1) is 5.02 Å². The number of carbonyl (C=O) groups is 1. The van der Waals surface area contributed by atoms with E-state index in [1.165, 1.54) is 17.8 Å². The second kappa shape index (κ2) is 7.39. The molecule has 2 heterocycles. The molecule has 0 saturated carbocycles. The summed E-state index contributed by atoms with van der Waals surface area (Å²) in [6, 6.07) is 5.76. The Bertz CT molecular complexity index is 708. The Morgan fingerprint density at radius 2 is 2.09 bits per heavy atom.